The summed E-state index contributed by atoms with van der Waals surface area (Å²) in [6.07, 6.45) is 3.69. The Morgan fingerprint density at radius 1 is 1.07 bits per heavy atom. The van der Waals surface area contributed by atoms with E-state index < -0.39 is 9.84 Å². The van der Waals surface area contributed by atoms with E-state index in [1.165, 1.54) is 17.4 Å². The summed E-state index contributed by atoms with van der Waals surface area (Å²) >= 11 is 0. The Labute approximate surface area is 180 Å². The van der Waals surface area contributed by atoms with Gasteiger partial charge in [0.25, 0.3) is 0 Å². The molecule has 6 heteroatoms. The highest BCUT2D eigenvalue weighted by Gasteiger charge is 2.26. The van der Waals surface area contributed by atoms with Gasteiger partial charge in [-0.1, -0.05) is 48.9 Å². The van der Waals surface area contributed by atoms with Crippen molar-refractivity contribution in [3.8, 4) is 0 Å². The number of nitrogens with zero attached hydrogens (tertiary/aromatic N) is 1. The van der Waals surface area contributed by atoms with Gasteiger partial charge in [-0.05, 0) is 62.5 Å². The van der Waals surface area contributed by atoms with E-state index in [4.69, 9.17) is 0 Å². The highest BCUT2D eigenvalue weighted by Crippen LogP contribution is 2.23. The van der Waals surface area contributed by atoms with Gasteiger partial charge in [0.05, 0.1) is 10.9 Å². The number of carbonyl (C=O) groups is 1. The largest absolute Gasteiger partial charge is 0.349 e. The van der Waals surface area contributed by atoms with Crippen LogP contribution in [0.1, 0.15) is 48.9 Å². The van der Waals surface area contributed by atoms with Gasteiger partial charge in [-0.25, -0.2) is 8.42 Å². The first kappa shape index (κ1) is 22.5. The second-order valence-corrected chi connectivity index (χ2v) is 10.4. The molecule has 0 radical (unpaired) electrons. The van der Waals surface area contributed by atoms with Crippen LogP contribution in [0, 0.1) is 12.8 Å². The molecular formula is C24H32N2O3S. The van der Waals surface area contributed by atoms with Gasteiger partial charge in [-0.15, -0.1) is 0 Å². The van der Waals surface area contributed by atoms with Crippen molar-refractivity contribution in [2.24, 2.45) is 5.92 Å². The minimum absolute atomic E-state index is 0.0311. The number of sulfone groups is 1. The summed E-state index contributed by atoms with van der Waals surface area (Å²) in [5, 5.41) is 3.17. The lowest BCUT2D eigenvalue weighted by molar-refractivity contribution is -0.127. The fraction of sp³-hybridized carbons (Fsp3) is 0.458. The zero-order chi connectivity index (χ0) is 21.7. The zero-order valence-corrected chi connectivity index (χ0v) is 18.9. The number of hydrogen-bond donors (Lipinski definition) is 1. The summed E-state index contributed by atoms with van der Waals surface area (Å²) in [6.45, 7) is 6.90. The lowest BCUT2D eigenvalue weighted by Gasteiger charge is -2.32. The second-order valence-electron chi connectivity index (χ2n) is 8.35. The molecule has 1 aliphatic rings. The molecule has 1 heterocycles. The van der Waals surface area contributed by atoms with Crippen molar-refractivity contribution < 1.29 is 13.2 Å². The minimum Gasteiger partial charge on any atom is -0.349 e. The number of carbonyl (C=O) groups excluding carboxylic acids is 1. The van der Waals surface area contributed by atoms with Gasteiger partial charge in [-0.2, -0.15) is 0 Å². The van der Waals surface area contributed by atoms with Crippen molar-refractivity contribution in [2.75, 3.05) is 19.3 Å². The molecule has 1 aliphatic heterocycles. The Balaban J connectivity index is 1.53. The fourth-order valence-electron chi connectivity index (χ4n) is 3.96. The molecule has 1 amide bonds. The molecule has 0 saturated carbocycles. The number of rotatable bonds is 7. The summed E-state index contributed by atoms with van der Waals surface area (Å²) in [4.78, 5) is 15.6. The first-order chi connectivity index (χ1) is 14.3. The van der Waals surface area contributed by atoms with Crippen LogP contribution in [0.25, 0.3) is 0 Å². The maximum atomic E-state index is 12.8. The predicted octanol–water partition coefficient (Wildman–Crippen LogP) is 3.88. The fourth-order valence-corrected chi connectivity index (χ4v) is 4.59. The summed E-state index contributed by atoms with van der Waals surface area (Å²) in [6, 6.07) is 15.4. The Bertz CT molecular complexity index is 945. The molecule has 2 aromatic rings. The normalized spacial score (nSPS) is 16.9. The molecule has 30 heavy (non-hydrogen) atoms. The van der Waals surface area contributed by atoms with Crippen LogP contribution in [-0.4, -0.2) is 38.6 Å². The molecule has 0 spiro atoms. The van der Waals surface area contributed by atoms with E-state index in [0.29, 0.717) is 4.90 Å². The highest BCUT2D eigenvalue weighted by atomic mass is 32.2. The van der Waals surface area contributed by atoms with Crippen molar-refractivity contribution in [3.05, 3.63) is 65.2 Å². The summed E-state index contributed by atoms with van der Waals surface area (Å²) in [7, 11) is -3.21. The van der Waals surface area contributed by atoms with Crippen LogP contribution in [0.15, 0.2) is 53.4 Å². The monoisotopic (exact) mass is 428 g/mol. The third-order valence-corrected chi connectivity index (χ3v) is 7.05. The molecule has 2 aromatic carbocycles. The Kier molecular flexibility index (Phi) is 7.32. The first-order valence-corrected chi connectivity index (χ1v) is 12.5. The van der Waals surface area contributed by atoms with Crippen LogP contribution < -0.4 is 5.32 Å². The van der Waals surface area contributed by atoms with E-state index in [1.54, 1.807) is 24.3 Å². The average molecular weight is 429 g/mol. The van der Waals surface area contributed by atoms with Crippen LogP contribution in [-0.2, 0) is 21.2 Å². The van der Waals surface area contributed by atoms with Crippen LogP contribution in [0.4, 0.5) is 0 Å². The Morgan fingerprint density at radius 3 is 2.20 bits per heavy atom. The topological polar surface area (TPSA) is 66.5 Å². The van der Waals surface area contributed by atoms with Crippen molar-refractivity contribution in [3.63, 3.8) is 0 Å². The van der Waals surface area contributed by atoms with E-state index in [0.717, 1.165) is 44.5 Å². The van der Waals surface area contributed by atoms with Gasteiger partial charge in [-0.3, -0.25) is 9.69 Å². The average Bonchev–Trinajstić information content (AvgIpc) is 2.73. The van der Waals surface area contributed by atoms with E-state index in [2.05, 4.69) is 41.4 Å². The summed E-state index contributed by atoms with van der Waals surface area (Å²) in [5.74, 6) is 0.132. The van der Waals surface area contributed by atoms with Gasteiger partial charge in [0.1, 0.15) is 0 Å². The molecule has 0 aliphatic carbocycles. The summed E-state index contributed by atoms with van der Waals surface area (Å²) in [5.41, 5.74) is 3.52. The third kappa shape index (κ3) is 5.92. The molecule has 5 nitrogen and oxygen atoms in total. The smallest absolute Gasteiger partial charge is 0.223 e. The van der Waals surface area contributed by atoms with E-state index in [-0.39, 0.29) is 17.9 Å². The summed E-state index contributed by atoms with van der Waals surface area (Å²) < 4.78 is 23.3. The van der Waals surface area contributed by atoms with Crippen LogP contribution in [0.5, 0.6) is 0 Å². The van der Waals surface area contributed by atoms with E-state index in [9.17, 15) is 13.2 Å². The molecule has 162 valence electrons. The number of likely N-dealkylation sites (tertiary alicyclic amines) is 1. The van der Waals surface area contributed by atoms with Crippen LogP contribution >= 0.6 is 0 Å². The minimum atomic E-state index is -3.21. The van der Waals surface area contributed by atoms with Gasteiger partial charge in [0.2, 0.25) is 5.91 Å². The number of aryl methyl sites for hydroxylation is 1. The second kappa shape index (κ2) is 9.75. The number of benzene rings is 2. The highest BCUT2D eigenvalue weighted by molar-refractivity contribution is 7.90. The SMILES string of the molecule is CCC(NC(=O)C1CCN(Cc2ccc(C)cc2)CC1)c1ccc(S(C)(=O)=O)cc1. The standard InChI is InChI=1S/C24H32N2O3S/c1-4-23(20-9-11-22(12-10-20)30(3,28)29)25-24(27)21-13-15-26(16-14-21)17-19-7-5-18(2)6-8-19/h5-12,21,23H,4,13-17H2,1-3H3,(H,25,27). The van der Waals surface area contributed by atoms with Gasteiger partial charge in [0.15, 0.2) is 9.84 Å². The molecule has 1 atom stereocenters. The van der Waals surface area contributed by atoms with Crippen LogP contribution in [0.2, 0.25) is 0 Å². The Morgan fingerprint density at radius 2 is 1.67 bits per heavy atom. The molecule has 0 aromatic heterocycles. The zero-order valence-electron chi connectivity index (χ0n) is 18.1. The van der Waals surface area contributed by atoms with E-state index in [1.807, 2.05) is 6.92 Å². The number of piperidine rings is 1. The molecule has 1 unspecified atom stereocenters. The van der Waals surface area contributed by atoms with Crippen molar-refractivity contribution in [1.29, 1.82) is 0 Å². The van der Waals surface area contributed by atoms with Gasteiger partial charge >= 0.3 is 0 Å². The maximum Gasteiger partial charge on any atom is 0.223 e. The number of amides is 1. The molecule has 1 N–H and O–H groups in total. The van der Waals surface area contributed by atoms with E-state index >= 15 is 0 Å². The molecular weight excluding hydrogens is 396 g/mol. The van der Waals surface area contributed by atoms with Crippen molar-refractivity contribution in [1.82, 2.24) is 10.2 Å². The lowest BCUT2D eigenvalue weighted by atomic mass is 9.94. The number of hydrogen-bond acceptors (Lipinski definition) is 4. The van der Waals surface area contributed by atoms with Crippen LogP contribution in [0.3, 0.4) is 0 Å². The first-order valence-electron chi connectivity index (χ1n) is 10.6. The maximum absolute atomic E-state index is 12.8. The molecule has 1 fully saturated rings. The number of nitrogens with one attached hydrogen (secondary N) is 1. The van der Waals surface area contributed by atoms with Crippen molar-refractivity contribution >= 4 is 15.7 Å². The van der Waals surface area contributed by atoms with Crippen molar-refractivity contribution in [2.45, 2.75) is 50.6 Å². The third-order valence-electron chi connectivity index (χ3n) is 5.92. The predicted molar refractivity (Wildman–Crippen MR) is 120 cm³/mol. The lowest BCUT2D eigenvalue weighted by Crippen LogP contribution is -2.41. The van der Waals surface area contributed by atoms with Gasteiger partial charge < -0.3 is 5.32 Å². The Hall–Kier alpha value is -2.18. The molecule has 3 rings (SSSR count). The molecule has 1 saturated heterocycles. The molecule has 0 bridgehead atoms. The quantitative estimate of drug-likeness (QED) is 0.727. The van der Waals surface area contributed by atoms with Gasteiger partial charge in [0, 0.05) is 18.7 Å².